The molecule has 3 heteroatoms. The third-order valence-corrected chi connectivity index (χ3v) is 2.54. The Kier molecular flexibility index (Phi) is 4.14. The Bertz CT molecular complexity index is 216. The van der Waals surface area contributed by atoms with Gasteiger partial charge in [0.15, 0.2) is 0 Å². The van der Waals surface area contributed by atoms with Crippen molar-refractivity contribution in [2.75, 3.05) is 13.1 Å². The Morgan fingerprint density at radius 3 is 2.40 bits per heavy atom. The number of hydrogen-bond donors (Lipinski definition) is 1. The second-order valence-corrected chi connectivity index (χ2v) is 5.42. The summed E-state index contributed by atoms with van der Waals surface area (Å²) < 4.78 is 0. The van der Waals surface area contributed by atoms with Crippen molar-refractivity contribution in [2.45, 2.75) is 58.5 Å². The number of nitrogens with one attached hydrogen (secondary N) is 1. The van der Waals surface area contributed by atoms with Crippen LogP contribution in [0.2, 0.25) is 0 Å². The molecule has 1 N–H and O–H groups in total. The molecule has 1 saturated carbocycles. The third-order valence-electron chi connectivity index (χ3n) is 2.54. The summed E-state index contributed by atoms with van der Waals surface area (Å²) in [6, 6.07) is 0.541. The number of hydrogen-bond acceptors (Lipinski definition) is 2. The van der Waals surface area contributed by atoms with Gasteiger partial charge in [0.2, 0.25) is 5.91 Å². The van der Waals surface area contributed by atoms with Crippen molar-refractivity contribution in [3.63, 3.8) is 0 Å². The van der Waals surface area contributed by atoms with Crippen LogP contribution in [-0.2, 0) is 4.79 Å². The standard InChI is InChI=1S/C12H24N2O/c1-5-8-14(10-6-7-10)11(15)9-13-12(2,3)4/h10,13H,5-9H2,1-4H3. The average molecular weight is 212 g/mol. The highest BCUT2D eigenvalue weighted by molar-refractivity contribution is 5.79. The largest absolute Gasteiger partial charge is 0.339 e. The number of carbonyl (C=O) groups is 1. The van der Waals surface area contributed by atoms with E-state index in [1.807, 2.05) is 4.90 Å². The van der Waals surface area contributed by atoms with Crippen molar-refractivity contribution >= 4 is 5.91 Å². The molecule has 1 rings (SSSR count). The minimum Gasteiger partial charge on any atom is -0.339 e. The molecule has 0 spiro atoms. The Balaban J connectivity index is 2.35. The number of nitrogens with zero attached hydrogens (tertiary/aromatic N) is 1. The highest BCUT2D eigenvalue weighted by atomic mass is 16.2. The van der Waals surface area contributed by atoms with Gasteiger partial charge in [-0.25, -0.2) is 0 Å². The van der Waals surface area contributed by atoms with Gasteiger partial charge in [0, 0.05) is 18.1 Å². The number of amides is 1. The molecule has 0 saturated heterocycles. The van der Waals surface area contributed by atoms with E-state index >= 15 is 0 Å². The summed E-state index contributed by atoms with van der Waals surface area (Å²) in [6.45, 7) is 9.76. The Hall–Kier alpha value is -0.570. The Morgan fingerprint density at radius 2 is 2.00 bits per heavy atom. The maximum absolute atomic E-state index is 11.9. The summed E-state index contributed by atoms with van der Waals surface area (Å²) in [5.74, 6) is 0.259. The number of rotatable bonds is 5. The van der Waals surface area contributed by atoms with Crippen LogP contribution in [0, 0.1) is 0 Å². The molecule has 0 aliphatic heterocycles. The summed E-state index contributed by atoms with van der Waals surface area (Å²) >= 11 is 0. The van der Waals surface area contributed by atoms with Gasteiger partial charge in [-0.1, -0.05) is 6.92 Å². The Morgan fingerprint density at radius 1 is 1.40 bits per heavy atom. The van der Waals surface area contributed by atoms with Crippen molar-refractivity contribution in [1.29, 1.82) is 0 Å². The van der Waals surface area contributed by atoms with Crippen LogP contribution in [0.5, 0.6) is 0 Å². The fourth-order valence-corrected chi connectivity index (χ4v) is 1.58. The zero-order chi connectivity index (χ0) is 11.5. The van der Waals surface area contributed by atoms with E-state index in [0.29, 0.717) is 12.6 Å². The van der Waals surface area contributed by atoms with E-state index in [9.17, 15) is 4.79 Å². The van der Waals surface area contributed by atoms with E-state index < -0.39 is 0 Å². The molecule has 0 aromatic rings. The second-order valence-electron chi connectivity index (χ2n) is 5.42. The molecule has 1 aliphatic carbocycles. The molecule has 0 atom stereocenters. The van der Waals surface area contributed by atoms with E-state index in [1.54, 1.807) is 0 Å². The first-order valence-electron chi connectivity index (χ1n) is 5.98. The van der Waals surface area contributed by atoms with Crippen LogP contribution in [0.3, 0.4) is 0 Å². The summed E-state index contributed by atoms with van der Waals surface area (Å²) in [4.78, 5) is 14.0. The predicted octanol–water partition coefficient (Wildman–Crippen LogP) is 1.78. The van der Waals surface area contributed by atoms with E-state index in [-0.39, 0.29) is 11.4 Å². The molecular weight excluding hydrogens is 188 g/mol. The van der Waals surface area contributed by atoms with Gasteiger partial charge in [-0.15, -0.1) is 0 Å². The monoisotopic (exact) mass is 212 g/mol. The van der Waals surface area contributed by atoms with Gasteiger partial charge >= 0.3 is 0 Å². The van der Waals surface area contributed by atoms with Gasteiger partial charge in [0.25, 0.3) is 0 Å². The summed E-state index contributed by atoms with van der Waals surface area (Å²) in [7, 11) is 0. The molecule has 1 amide bonds. The first kappa shape index (κ1) is 12.5. The minimum atomic E-state index is 0.0249. The lowest BCUT2D eigenvalue weighted by Gasteiger charge is -2.25. The molecule has 0 bridgehead atoms. The van der Waals surface area contributed by atoms with Crippen molar-refractivity contribution in [3.8, 4) is 0 Å². The van der Waals surface area contributed by atoms with Crippen molar-refractivity contribution in [1.82, 2.24) is 10.2 Å². The van der Waals surface area contributed by atoms with E-state index in [4.69, 9.17) is 0 Å². The highest BCUT2D eigenvalue weighted by Gasteiger charge is 2.31. The van der Waals surface area contributed by atoms with E-state index in [1.165, 1.54) is 12.8 Å². The normalized spacial score (nSPS) is 16.5. The second kappa shape index (κ2) is 4.97. The zero-order valence-electron chi connectivity index (χ0n) is 10.5. The third kappa shape index (κ3) is 4.65. The van der Waals surface area contributed by atoms with Gasteiger partial charge in [-0.2, -0.15) is 0 Å². The SMILES string of the molecule is CCCN(C(=O)CNC(C)(C)C)C1CC1. The van der Waals surface area contributed by atoms with Gasteiger partial charge in [0.1, 0.15) is 0 Å². The van der Waals surface area contributed by atoms with Gasteiger partial charge in [0.05, 0.1) is 6.54 Å². The first-order valence-corrected chi connectivity index (χ1v) is 5.98. The molecule has 3 nitrogen and oxygen atoms in total. The predicted molar refractivity (Wildman–Crippen MR) is 62.8 cm³/mol. The molecule has 0 radical (unpaired) electrons. The van der Waals surface area contributed by atoms with Crippen LogP contribution >= 0.6 is 0 Å². The molecule has 1 aliphatic rings. The molecule has 0 aromatic carbocycles. The smallest absolute Gasteiger partial charge is 0.236 e. The molecule has 0 aromatic heterocycles. The zero-order valence-corrected chi connectivity index (χ0v) is 10.5. The van der Waals surface area contributed by atoms with Crippen molar-refractivity contribution in [2.24, 2.45) is 0 Å². The van der Waals surface area contributed by atoms with Gasteiger partial charge < -0.3 is 10.2 Å². The quantitative estimate of drug-likeness (QED) is 0.753. The molecule has 15 heavy (non-hydrogen) atoms. The van der Waals surface area contributed by atoms with Crippen LogP contribution < -0.4 is 5.32 Å². The summed E-state index contributed by atoms with van der Waals surface area (Å²) in [6.07, 6.45) is 3.44. The summed E-state index contributed by atoms with van der Waals surface area (Å²) in [5, 5.41) is 3.25. The van der Waals surface area contributed by atoms with E-state index in [0.717, 1.165) is 13.0 Å². The lowest BCUT2D eigenvalue weighted by Crippen LogP contribution is -2.45. The highest BCUT2D eigenvalue weighted by Crippen LogP contribution is 2.26. The Labute approximate surface area is 93.2 Å². The van der Waals surface area contributed by atoms with Crippen molar-refractivity contribution < 1.29 is 4.79 Å². The van der Waals surface area contributed by atoms with Gasteiger partial charge in [-0.3, -0.25) is 4.79 Å². The van der Waals surface area contributed by atoms with Crippen LogP contribution in [0.4, 0.5) is 0 Å². The maximum atomic E-state index is 11.9. The molecule has 1 fully saturated rings. The number of carbonyl (C=O) groups excluding carboxylic acids is 1. The molecule has 88 valence electrons. The average Bonchev–Trinajstić information content (AvgIpc) is 2.92. The topological polar surface area (TPSA) is 32.3 Å². The van der Waals surface area contributed by atoms with E-state index in [2.05, 4.69) is 33.0 Å². The van der Waals surface area contributed by atoms with Crippen LogP contribution in [0.1, 0.15) is 47.0 Å². The summed E-state index contributed by atoms with van der Waals surface area (Å²) in [5.41, 5.74) is 0.0249. The first-order chi connectivity index (χ1) is 6.94. The lowest BCUT2D eigenvalue weighted by molar-refractivity contribution is -0.131. The van der Waals surface area contributed by atoms with Gasteiger partial charge in [-0.05, 0) is 40.0 Å². The maximum Gasteiger partial charge on any atom is 0.236 e. The minimum absolute atomic E-state index is 0.0249. The molecule has 0 unspecified atom stereocenters. The van der Waals surface area contributed by atoms with Crippen molar-refractivity contribution in [3.05, 3.63) is 0 Å². The fourth-order valence-electron chi connectivity index (χ4n) is 1.58. The molecular formula is C12H24N2O. The fraction of sp³-hybridized carbons (Fsp3) is 0.917. The van der Waals surface area contributed by atoms with Crippen LogP contribution in [-0.4, -0.2) is 35.5 Å². The van der Waals surface area contributed by atoms with Crippen LogP contribution in [0.25, 0.3) is 0 Å². The lowest BCUT2D eigenvalue weighted by atomic mass is 10.1. The van der Waals surface area contributed by atoms with Crippen LogP contribution in [0.15, 0.2) is 0 Å². The molecule has 0 heterocycles.